The fourth-order valence-corrected chi connectivity index (χ4v) is 5.29. The van der Waals surface area contributed by atoms with Crippen molar-refractivity contribution in [1.82, 2.24) is 24.4 Å². The molecule has 1 amide bonds. The summed E-state index contributed by atoms with van der Waals surface area (Å²) in [5.41, 5.74) is 6.66. The van der Waals surface area contributed by atoms with Crippen LogP contribution in [-0.4, -0.2) is 92.7 Å². The zero-order chi connectivity index (χ0) is 30.2. The monoisotopic (exact) mass is 607 g/mol. The van der Waals surface area contributed by atoms with E-state index in [0.717, 1.165) is 0 Å². The van der Waals surface area contributed by atoms with E-state index in [2.05, 4.69) is 15.0 Å². The number of hydrogen-bond acceptors (Lipinski definition) is 13. The number of nitro benzene ring substituents is 1. The molecule has 0 aliphatic carbocycles. The Hall–Kier alpha value is -3.99. The van der Waals surface area contributed by atoms with E-state index in [1.165, 1.54) is 43.9 Å². The van der Waals surface area contributed by atoms with E-state index < -0.39 is 48.0 Å². The highest BCUT2D eigenvalue weighted by atomic mass is 35.5. The molecule has 2 aromatic heterocycles. The van der Waals surface area contributed by atoms with Gasteiger partial charge in [-0.05, 0) is 19.9 Å². The second-order valence-corrected chi connectivity index (χ2v) is 10.4. The number of anilines is 1. The number of alkyl halides is 1. The standard InChI is InChI=1S/C25H30ClN7O9/c1-25(2)41-19-17(40-23(20(19)42-25)32-12-30-18-21(27)28-11-29-22(18)32)9-31(6-5-26)24(34)39-10-13-7-15(37-3)16(38-4)8-14(13)33(35)36/h7-8,11-12,17,19-20,23H,5-6,9-10H2,1-4H3,(H2,27,28,29)/t17-,19-,20-,23-/m1/s1. The minimum absolute atomic E-state index is 0.0282. The number of benzene rings is 1. The maximum Gasteiger partial charge on any atom is 0.410 e. The second-order valence-electron chi connectivity index (χ2n) is 10.00. The summed E-state index contributed by atoms with van der Waals surface area (Å²) in [5, 5.41) is 11.7. The Morgan fingerprint density at radius 2 is 1.90 bits per heavy atom. The second kappa shape index (κ2) is 11.7. The van der Waals surface area contributed by atoms with E-state index >= 15 is 0 Å². The Bertz CT molecular complexity index is 1490. The van der Waals surface area contributed by atoms with Crippen LogP contribution in [0.5, 0.6) is 11.5 Å². The van der Waals surface area contributed by atoms with Crippen molar-refractivity contribution in [3.05, 3.63) is 40.5 Å². The predicted octanol–water partition coefficient (Wildman–Crippen LogP) is 2.63. The first-order chi connectivity index (χ1) is 20.1. The van der Waals surface area contributed by atoms with E-state index in [0.29, 0.717) is 11.2 Å². The highest BCUT2D eigenvalue weighted by molar-refractivity contribution is 6.18. The largest absolute Gasteiger partial charge is 0.493 e. The number of fused-ring (bicyclic) bond motifs is 2. The maximum atomic E-state index is 13.2. The van der Waals surface area contributed by atoms with Gasteiger partial charge in [-0.2, -0.15) is 0 Å². The van der Waals surface area contributed by atoms with E-state index in [1.54, 1.807) is 18.4 Å². The van der Waals surface area contributed by atoms with E-state index in [-0.39, 0.29) is 47.5 Å². The van der Waals surface area contributed by atoms with Gasteiger partial charge in [-0.25, -0.2) is 19.7 Å². The number of nitro groups is 1. The van der Waals surface area contributed by atoms with Crippen LogP contribution >= 0.6 is 11.6 Å². The number of nitrogens with two attached hydrogens (primary N) is 1. The summed E-state index contributed by atoms with van der Waals surface area (Å²) < 4.78 is 36.3. The molecule has 0 unspecified atom stereocenters. The van der Waals surface area contributed by atoms with Crippen molar-refractivity contribution in [2.75, 3.05) is 38.9 Å². The van der Waals surface area contributed by atoms with Gasteiger partial charge in [0.05, 0.1) is 43.6 Å². The zero-order valence-corrected chi connectivity index (χ0v) is 24.0. The molecule has 1 aromatic carbocycles. The van der Waals surface area contributed by atoms with Gasteiger partial charge < -0.3 is 39.1 Å². The number of carbonyl (C=O) groups excluding carboxylic acids is 1. The van der Waals surface area contributed by atoms with Crippen LogP contribution in [0.2, 0.25) is 0 Å². The van der Waals surface area contributed by atoms with Crippen LogP contribution in [-0.2, 0) is 25.6 Å². The van der Waals surface area contributed by atoms with Gasteiger partial charge in [0, 0.05) is 12.4 Å². The molecular formula is C25H30ClN7O9. The highest BCUT2D eigenvalue weighted by Crippen LogP contribution is 2.44. The molecule has 17 heteroatoms. The van der Waals surface area contributed by atoms with Crippen molar-refractivity contribution in [2.45, 2.75) is 50.8 Å². The summed E-state index contributed by atoms with van der Waals surface area (Å²) in [6.07, 6.45) is -0.392. The Morgan fingerprint density at radius 1 is 1.19 bits per heavy atom. The van der Waals surface area contributed by atoms with Crippen LogP contribution in [0.4, 0.5) is 16.3 Å². The Kier molecular flexibility index (Phi) is 8.23. The molecule has 2 fully saturated rings. The molecule has 42 heavy (non-hydrogen) atoms. The number of carbonyl (C=O) groups is 1. The summed E-state index contributed by atoms with van der Waals surface area (Å²) in [6.45, 7) is 3.31. The Morgan fingerprint density at radius 3 is 2.60 bits per heavy atom. The molecule has 3 aromatic rings. The Labute approximate surface area is 244 Å². The first kappa shape index (κ1) is 29.5. The first-order valence-corrected chi connectivity index (χ1v) is 13.4. The number of nitrogen functional groups attached to an aromatic ring is 1. The first-order valence-electron chi connectivity index (χ1n) is 12.9. The van der Waals surface area contributed by atoms with Crippen LogP contribution in [0.15, 0.2) is 24.8 Å². The average Bonchev–Trinajstić information content (AvgIpc) is 3.62. The number of methoxy groups -OCH3 is 2. The zero-order valence-electron chi connectivity index (χ0n) is 23.3. The van der Waals surface area contributed by atoms with Gasteiger partial charge >= 0.3 is 6.09 Å². The van der Waals surface area contributed by atoms with Crippen molar-refractivity contribution < 1.29 is 38.1 Å². The molecule has 0 radical (unpaired) electrons. The van der Waals surface area contributed by atoms with Crippen molar-refractivity contribution in [3.63, 3.8) is 0 Å². The van der Waals surface area contributed by atoms with Gasteiger partial charge in [0.2, 0.25) is 0 Å². The lowest BCUT2D eigenvalue weighted by Crippen LogP contribution is -2.43. The number of rotatable bonds is 10. The van der Waals surface area contributed by atoms with Crippen LogP contribution in [0.1, 0.15) is 25.6 Å². The van der Waals surface area contributed by atoms with Crippen molar-refractivity contribution in [3.8, 4) is 11.5 Å². The third-order valence-electron chi connectivity index (χ3n) is 6.93. The molecule has 4 heterocycles. The minimum Gasteiger partial charge on any atom is -0.493 e. The normalized spacial score (nSPS) is 22.6. The van der Waals surface area contributed by atoms with Crippen LogP contribution in [0, 0.1) is 10.1 Å². The minimum atomic E-state index is -0.926. The number of aromatic nitrogens is 4. The van der Waals surface area contributed by atoms with Gasteiger partial charge in [-0.15, -0.1) is 11.6 Å². The maximum absolute atomic E-state index is 13.2. The quantitative estimate of drug-likeness (QED) is 0.201. The van der Waals surface area contributed by atoms with Crippen LogP contribution in [0.3, 0.4) is 0 Å². The molecule has 16 nitrogen and oxygen atoms in total. The molecule has 0 saturated carbocycles. The number of amides is 1. The van der Waals surface area contributed by atoms with E-state index in [1.807, 2.05) is 0 Å². The molecular weight excluding hydrogens is 578 g/mol. The summed E-state index contributed by atoms with van der Waals surface area (Å²) >= 11 is 6.03. The summed E-state index contributed by atoms with van der Waals surface area (Å²) in [5.74, 6) is -0.180. The third kappa shape index (κ3) is 5.57. The summed E-state index contributed by atoms with van der Waals surface area (Å²) in [4.78, 5) is 38.3. The van der Waals surface area contributed by atoms with Gasteiger partial charge in [0.15, 0.2) is 35.0 Å². The number of ether oxygens (including phenoxy) is 6. The lowest BCUT2D eigenvalue weighted by atomic mass is 10.1. The fraction of sp³-hybridized carbons (Fsp3) is 0.520. The lowest BCUT2D eigenvalue weighted by Gasteiger charge is -2.28. The van der Waals surface area contributed by atoms with E-state index in [4.69, 9.17) is 45.8 Å². The number of imidazole rings is 1. The fourth-order valence-electron chi connectivity index (χ4n) is 5.09. The highest BCUT2D eigenvalue weighted by Gasteiger charge is 2.56. The molecule has 2 aliphatic rings. The van der Waals surface area contributed by atoms with Gasteiger partial charge in [0.25, 0.3) is 5.69 Å². The van der Waals surface area contributed by atoms with Crippen LogP contribution < -0.4 is 15.2 Å². The molecule has 0 bridgehead atoms. The molecule has 5 rings (SSSR count). The van der Waals surface area contributed by atoms with Crippen molar-refractivity contribution in [2.24, 2.45) is 0 Å². The molecule has 0 spiro atoms. The SMILES string of the molecule is COc1cc(COC(=O)N(CCCl)C[C@H]2O[C@@H](n3cnc4c(N)ncnc43)[C@@H]3OC(C)(C)O[C@@H]32)c([N+](=O)[O-])cc1OC. The number of halogens is 1. The molecule has 2 N–H and O–H groups in total. The number of hydrogen-bond donors (Lipinski definition) is 1. The predicted molar refractivity (Wildman–Crippen MR) is 146 cm³/mol. The molecule has 4 atom stereocenters. The van der Waals surface area contributed by atoms with E-state index in [9.17, 15) is 14.9 Å². The third-order valence-corrected chi connectivity index (χ3v) is 7.10. The lowest BCUT2D eigenvalue weighted by molar-refractivity contribution is -0.385. The van der Waals surface area contributed by atoms with Gasteiger partial charge in [-0.1, -0.05) is 0 Å². The van der Waals surface area contributed by atoms with Crippen molar-refractivity contribution >= 4 is 40.4 Å². The van der Waals surface area contributed by atoms with Crippen molar-refractivity contribution in [1.29, 1.82) is 0 Å². The molecule has 226 valence electrons. The number of nitrogens with zero attached hydrogens (tertiary/aromatic N) is 6. The average molecular weight is 608 g/mol. The molecule has 2 aliphatic heterocycles. The summed E-state index contributed by atoms with van der Waals surface area (Å²) in [7, 11) is 2.76. The molecule has 2 saturated heterocycles. The topological polar surface area (TPSA) is 188 Å². The Balaban J connectivity index is 1.36. The summed E-state index contributed by atoms with van der Waals surface area (Å²) in [6, 6.07) is 2.60. The van der Waals surface area contributed by atoms with Crippen LogP contribution in [0.25, 0.3) is 11.2 Å². The smallest absolute Gasteiger partial charge is 0.410 e. The van der Waals surface area contributed by atoms with Gasteiger partial charge in [0.1, 0.15) is 36.8 Å². The van der Waals surface area contributed by atoms with Gasteiger partial charge in [-0.3, -0.25) is 14.7 Å².